The summed E-state index contributed by atoms with van der Waals surface area (Å²) in [4.78, 5) is 20.1. The van der Waals surface area contributed by atoms with E-state index in [1.807, 2.05) is 13.8 Å². The molecule has 0 atom stereocenters. The lowest BCUT2D eigenvalue weighted by Gasteiger charge is -2.15. The quantitative estimate of drug-likeness (QED) is 0.406. The van der Waals surface area contributed by atoms with Gasteiger partial charge in [-0.2, -0.15) is 5.10 Å². The molecule has 4 aromatic rings. The van der Waals surface area contributed by atoms with Crippen LogP contribution in [0, 0.1) is 5.82 Å². The van der Waals surface area contributed by atoms with Gasteiger partial charge < -0.3 is 15.0 Å². The molecule has 0 radical (unpaired) electrons. The summed E-state index contributed by atoms with van der Waals surface area (Å²) in [6.07, 6.45) is 6.39. The molecule has 3 heterocycles. The van der Waals surface area contributed by atoms with Gasteiger partial charge in [0.05, 0.1) is 40.5 Å². The van der Waals surface area contributed by atoms with Gasteiger partial charge in [0.1, 0.15) is 0 Å². The zero-order valence-electron chi connectivity index (χ0n) is 15.8. The van der Waals surface area contributed by atoms with Crippen molar-refractivity contribution in [1.29, 1.82) is 0 Å². The van der Waals surface area contributed by atoms with Crippen molar-refractivity contribution in [1.82, 2.24) is 29.9 Å². The summed E-state index contributed by atoms with van der Waals surface area (Å²) in [6, 6.07) is -0.385. The molecule has 0 saturated carbocycles. The number of rotatable bonds is 4. The van der Waals surface area contributed by atoms with Crippen LogP contribution in [-0.4, -0.2) is 43.7 Å². The van der Waals surface area contributed by atoms with E-state index in [2.05, 4.69) is 36.1 Å². The fraction of sp³-hybridized carbons (Fsp3) is 0.222. The van der Waals surface area contributed by atoms with Gasteiger partial charge in [-0.1, -0.05) is 11.6 Å². The summed E-state index contributed by atoms with van der Waals surface area (Å²) in [5, 5.41) is 15.6. The van der Waals surface area contributed by atoms with Crippen molar-refractivity contribution in [2.24, 2.45) is 0 Å². The molecule has 0 spiro atoms. The molecule has 0 aliphatic rings. The number of hydrogen-bond donors (Lipinski definition) is 4. The van der Waals surface area contributed by atoms with Crippen LogP contribution >= 0.6 is 11.6 Å². The van der Waals surface area contributed by atoms with Crippen molar-refractivity contribution in [3.63, 3.8) is 0 Å². The predicted molar refractivity (Wildman–Crippen MR) is 110 cm³/mol. The van der Waals surface area contributed by atoms with Crippen LogP contribution in [0.1, 0.15) is 13.8 Å². The lowest BCUT2D eigenvalue weighted by molar-refractivity contribution is 0.254. The molecule has 4 N–H and O–H groups in total. The van der Waals surface area contributed by atoms with Crippen LogP contribution in [0.4, 0.5) is 20.7 Å². The third kappa shape index (κ3) is 3.31. The molecule has 4 rings (SSSR count). The third-order valence-electron chi connectivity index (χ3n) is 4.29. The summed E-state index contributed by atoms with van der Waals surface area (Å²) in [5.74, 6) is -0.230. The number of halogens is 2. The Balaban J connectivity index is 1.86. The van der Waals surface area contributed by atoms with Crippen LogP contribution < -0.4 is 16.0 Å². The van der Waals surface area contributed by atoms with E-state index in [0.717, 1.165) is 0 Å². The fourth-order valence-electron chi connectivity index (χ4n) is 3.06. The number of carbonyl (C=O) groups is 1. The van der Waals surface area contributed by atoms with Crippen LogP contribution in [-0.2, 0) is 0 Å². The van der Waals surface area contributed by atoms with Crippen molar-refractivity contribution in [2.45, 2.75) is 19.9 Å². The summed E-state index contributed by atoms with van der Waals surface area (Å²) in [6.45, 7) is 3.81. The van der Waals surface area contributed by atoms with Crippen molar-refractivity contribution in [2.75, 3.05) is 17.7 Å². The predicted octanol–water partition coefficient (Wildman–Crippen LogP) is 3.64. The summed E-state index contributed by atoms with van der Waals surface area (Å²) < 4.78 is 16.7. The number of aromatic amines is 1. The molecule has 0 aliphatic heterocycles. The number of benzene rings is 1. The minimum Gasteiger partial charge on any atom is -0.379 e. The molecular formula is C18H18ClFN8O. The second kappa shape index (κ2) is 7.21. The van der Waals surface area contributed by atoms with E-state index >= 15 is 4.39 Å². The number of anilines is 2. The second-order valence-electron chi connectivity index (χ2n) is 6.70. The second-order valence-corrected chi connectivity index (χ2v) is 7.08. The molecule has 9 nitrogen and oxygen atoms in total. The fourth-order valence-corrected chi connectivity index (χ4v) is 3.35. The average Bonchev–Trinajstić information content (AvgIpc) is 3.31. The number of amides is 2. The van der Waals surface area contributed by atoms with E-state index in [1.165, 1.54) is 13.2 Å². The highest BCUT2D eigenvalue weighted by Gasteiger charge is 2.22. The Kier molecular flexibility index (Phi) is 4.71. The molecule has 0 unspecified atom stereocenters. The summed E-state index contributed by atoms with van der Waals surface area (Å²) in [5.41, 5.74) is 2.14. The Morgan fingerprint density at radius 2 is 2.10 bits per heavy atom. The molecule has 2 amide bonds. The molecular weight excluding hydrogens is 399 g/mol. The molecule has 0 bridgehead atoms. The van der Waals surface area contributed by atoms with Crippen molar-refractivity contribution < 1.29 is 9.18 Å². The Labute approximate surface area is 169 Å². The van der Waals surface area contributed by atoms with E-state index in [4.69, 9.17) is 11.6 Å². The number of carbonyl (C=O) groups excluding carboxylic acids is 1. The van der Waals surface area contributed by atoms with E-state index < -0.39 is 5.82 Å². The minimum absolute atomic E-state index is 0.00424. The number of hydrogen-bond acceptors (Lipinski definition) is 5. The average molecular weight is 417 g/mol. The Morgan fingerprint density at radius 1 is 1.31 bits per heavy atom. The largest absolute Gasteiger partial charge is 0.379 e. The van der Waals surface area contributed by atoms with Gasteiger partial charge >= 0.3 is 6.03 Å². The Morgan fingerprint density at radius 3 is 2.83 bits per heavy atom. The zero-order chi connectivity index (χ0) is 20.7. The molecule has 3 aromatic heterocycles. The number of aromatic nitrogens is 5. The standard InChI is InChI=1S/C18H18ClFN8O/c1-8(2)24-17-15(20)14(19)13(9-4-23-27-16(9)17)10-6-28-7-11(26-18(29)21-3)25-12(28)5-22-10/h4-8,24H,1-3H3,(H,23,27)(H2,21,26,29). The maximum atomic E-state index is 15.1. The van der Waals surface area contributed by atoms with Gasteiger partial charge in [-0.25, -0.2) is 14.2 Å². The van der Waals surface area contributed by atoms with Crippen LogP contribution in [0.3, 0.4) is 0 Å². The first-order valence-corrected chi connectivity index (χ1v) is 9.21. The van der Waals surface area contributed by atoms with Crippen molar-refractivity contribution in [3.8, 4) is 11.3 Å². The molecule has 0 saturated heterocycles. The SMILES string of the molecule is CNC(=O)Nc1cn2cc(-c3c(Cl)c(F)c(NC(C)C)c4[nH]ncc34)ncc2n1. The Bertz CT molecular complexity index is 1230. The van der Waals surface area contributed by atoms with Gasteiger partial charge in [0.25, 0.3) is 0 Å². The first kappa shape index (κ1) is 18.9. The first-order valence-electron chi connectivity index (χ1n) is 8.83. The maximum absolute atomic E-state index is 15.1. The van der Waals surface area contributed by atoms with E-state index in [1.54, 1.807) is 23.0 Å². The topological polar surface area (TPSA) is 112 Å². The molecule has 11 heteroatoms. The van der Waals surface area contributed by atoms with Gasteiger partial charge in [0.15, 0.2) is 17.3 Å². The number of H-pyrrole nitrogens is 1. The van der Waals surface area contributed by atoms with Gasteiger partial charge in [-0.15, -0.1) is 0 Å². The smallest absolute Gasteiger partial charge is 0.320 e. The Hall–Kier alpha value is -3.40. The molecule has 150 valence electrons. The summed E-state index contributed by atoms with van der Waals surface area (Å²) in [7, 11) is 1.51. The number of urea groups is 1. The van der Waals surface area contributed by atoms with Gasteiger partial charge in [-0.3, -0.25) is 15.4 Å². The number of nitrogens with zero attached hydrogens (tertiary/aromatic N) is 4. The van der Waals surface area contributed by atoms with E-state index in [9.17, 15) is 4.79 Å². The highest BCUT2D eigenvalue weighted by molar-refractivity contribution is 6.35. The van der Waals surface area contributed by atoms with Gasteiger partial charge in [0.2, 0.25) is 0 Å². The van der Waals surface area contributed by atoms with E-state index in [0.29, 0.717) is 33.6 Å². The lowest BCUT2D eigenvalue weighted by Crippen LogP contribution is -2.24. The molecule has 0 aliphatic carbocycles. The monoisotopic (exact) mass is 416 g/mol. The number of nitrogens with one attached hydrogen (secondary N) is 4. The molecule has 29 heavy (non-hydrogen) atoms. The van der Waals surface area contributed by atoms with E-state index in [-0.39, 0.29) is 22.8 Å². The van der Waals surface area contributed by atoms with Crippen LogP contribution in [0.2, 0.25) is 5.02 Å². The normalized spacial score (nSPS) is 11.4. The number of fused-ring (bicyclic) bond motifs is 2. The lowest BCUT2D eigenvalue weighted by atomic mass is 10.1. The van der Waals surface area contributed by atoms with Gasteiger partial charge in [-0.05, 0) is 13.8 Å². The maximum Gasteiger partial charge on any atom is 0.320 e. The number of imidazole rings is 1. The highest BCUT2D eigenvalue weighted by atomic mass is 35.5. The minimum atomic E-state index is -0.582. The van der Waals surface area contributed by atoms with Crippen LogP contribution in [0.25, 0.3) is 27.8 Å². The van der Waals surface area contributed by atoms with Crippen molar-refractivity contribution >= 4 is 45.7 Å². The summed E-state index contributed by atoms with van der Waals surface area (Å²) >= 11 is 6.41. The molecule has 1 aromatic carbocycles. The highest BCUT2D eigenvalue weighted by Crippen LogP contribution is 2.40. The zero-order valence-corrected chi connectivity index (χ0v) is 16.6. The van der Waals surface area contributed by atoms with Crippen LogP contribution in [0.15, 0.2) is 24.8 Å². The van der Waals surface area contributed by atoms with Crippen LogP contribution in [0.5, 0.6) is 0 Å². The first-order chi connectivity index (χ1) is 13.9. The molecule has 0 fully saturated rings. The van der Waals surface area contributed by atoms with Gasteiger partial charge in [0, 0.05) is 30.2 Å². The third-order valence-corrected chi connectivity index (χ3v) is 4.64. The van der Waals surface area contributed by atoms with Crippen molar-refractivity contribution in [3.05, 3.63) is 35.6 Å².